The average molecular weight is 274 g/mol. The third-order valence-electron chi connectivity index (χ3n) is 2.70. The molecule has 0 N–H and O–H groups in total. The molecule has 1 unspecified atom stereocenters. The Kier molecular flexibility index (Phi) is 4.69. The number of carbonyl (C=O) groups is 2. The van der Waals surface area contributed by atoms with Crippen LogP contribution >= 0.6 is 0 Å². The zero-order valence-corrected chi connectivity index (χ0v) is 10.5. The lowest BCUT2D eigenvalue weighted by molar-refractivity contribution is -0.179. The molecule has 0 amide bonds. The third-order valence-corrected chi connectivity index (χ3v) is 2.70. The molecule has 104 valence electrons. The number of ketones is 1. The van der Waals surface area contributed by atoms with E-state index in [1.165, 1.54) is 31.4 Å². The van der Waals surface area contributed by atoms with Crippen LogP contribution in [0.5, 0.6) is 0 Å². The van der Waals surface area contributed by atoms with Crippen molar-refractivity contribution in [2.24, 2.45) is 5.92 Å². The molecule has 0 aromatic heterocycles. The summed E-state index contributed by atoms with van der Waals surface area (Å²) in [5, 5.41) is 0. The van der Waals surface area contributed by atoms with Crippen LogP contribution < -0.4 is 0 Å². The summed E-state index contributed by atoms with van der Waals surface area (Å²) in [5.74, 6) is -3.51. The van der Waals surface area contributed by atoms with Crippen molar-refractivity contribution in [1.29, 1.82) is 0 Å². The molecule has 1 aromatic carbocycles. The maximum absolute atomic E-state index is 12.6. The molecular formula is C13H13F3O3. The summed E-state index contributed by atoms with van der Waals surface area (Å²) in [7, 11) is 1.21. The number of alkyl halides is 3. The highest BCUT2D eigenvalue weighted by molar-refractivity contribution is 5.89. The van der Waals surface area contributed by atoms with Gasteiger partial charge in [-0.2, -0.15) is 13.2 Å². The fourth-order valence-electron chi connectivity index (χ4n) is 1.62. The second-order valence-electron chi connectivity index (χ2n) is 4.10. The number of rotatable bonds is 4. The van der Waals surface area contributed by atoms with Gasteiger partial charge in [0.05, 0.1) is 12.7 Å². The first-order valence-corrected chi connectivity index (χ1v) is 5.50. The van der Waals surface area contributed by atoms with Crippen LogP contribution in [-0.4, -0.2) is 25.0 Å². The van der Waals surface area contributed by atoms with Gasteiger partial charge in [-0.05, 0) is 31.0 Å². The van der Waals surface area contributed by atoms with Crippen molar-refractivity contribution in [3.63, 3.8) is 0 Å². The number of hydrogen-bond acceptors (Lipinski definition) is 3. The molecule has 0 aliphatic rings. The maximum Gasteiger partial charge on any atom is 0.398 e. The number of methoxy groups -OCH3 is 1. The van der Waals surface area contributed by atoms with E-state index in [1.807, 2.05) is 0 Å². The lowest BCUT2D eigenvalue weighted by atomic mass is 9.95. The Morgan fingerprint density at radius 2 is 1.74 bits per heavy atom. The van der Waals surface area contributed by atoms with Gasteiger partial charge in [0, 0.05) is 0 Å². The van der Waals surface area contributed by atoms with Gasteiger partial charge < -0.3 is 4.74 Å². The van der Waals surface area contributed by atoms with E-state index in [0.29, 0.717) is 5.56 Å². The molecule has 0 spiro atoms. The first-order valence-electron chi connectivity index (χ1n) is 5.50. The van der Waals surface area contributed by atoms with Crippen molar-refractivity contribution >= 4 is 11.8 Å². The van der Waals surface area contributed by atoms with E-state index < -0.39 is 30.3 Å². The number of esters is 1. The van der Waals surface area contributed by atoms with Gasteiger partial charge in [0.15, 0.2) is 0 Å². The Morgan fingerprint density at radius 3 is 2.11 bits per heavy atom. The van der Waals surface area contributed by atoms with Gasteiger partial charge in [0.2, 0.25) is 0 Å². The van der Waals surface area contributed by atoms with Gasteiger partial charge in [-0.25, -0.2) is 4.79 Å². The monoisotopic (exact) mass is 274 g/mol. The molecule has 0 saturated heterocycles. The Hall–Kier alpha value is -1.85. The largest absolute Gasteiger partial charge is 0.465 e. The van der Waals surface area contributed by atoms with E-state index in [1.54, 1.807) is 0 Å². The summed E-state index contributed by atoms with van der Waals surface area (Å²) >= 11 is 0. The van der Waals surface area contributed by atoms with E-state index in [-0.39, 0.29) is 5.56 Å². The maximum atomic E-state index is 12.6. The third kappa shape index (κ3) is 4.08. The number of ether oxygens (including phenoxy) is 1. The molecule has 0 bridgehead atoms. The second kappa shape index (κ2) is 5.86. The minimum atomic E-state index is -4.56. The first-order chi connectivity index (χ1) is 8.75. The van der Waals surface area contributed by atoms with Crippen LogP contribution in [0.3, 0.4) is 0 Å². The zero-order valence-electron chi connectivity index (χ0n) is 10.5. The van der Waals surface area contributed by atoms with Crippen LogP contribution in [0.2, 0.25) is 0 Å². The molecule has 1 aromatic rings. The molecule has 6 heteroatoms. The van der Waals surface area contributed by atoms with Crippen molar-refractivity contribution in [2.45, 2.75) is 19.5 Å². The quantitative estimate of drug-likeness (QED) is 0.793. The summed E-state index contributed by atoms with van der Waals surface area (Å²) in [6, 6.07) is 5.51. The van der Waals surface area contributed by atoms with Crippen LogP contribution in [0.4, 0.5) is 13.2 Å². The summed E-state index contributed by atoms with van der Waals surface area (Å²) in [6.45, 7) is 0.918. The predicted octanol–water partition coefficient (Wildman–Crippen LogP) is 2.78. The van der Waals surface area contributed by atoms with Gasteiger partial charge in [0.25, 0.3) is 0 Å². The first kappa shape index (κ1) is 15.2. The summed E-state index contributed by atoms with van der Waals surface area (Å²) < 4.78 is 42.3. The van der Waals surface area contributed by atoms with Gasteiger partial charge in [-0.15, -0.1) is 0 Å². The lowest BCUT2D eigenvalue weighted by Crippen LogP contribution is -2.31. The topological polar surface area (TPSA) is 43.4 Å². The van der Waals surface area contributed by atoms with Crippen molar-refractivity contribution in [1.82, 2.24) is 0 Å². The van der Waals surface area contributed by atoms with Crippen LogP contribution in [-0.2, 0) is 16.0 Å². The molecule has 0 heterocycles. The molecule has 19 heavy (non-hydrogen) atoms. The normalized spacial score (nSPS) is 12.9. The van der Waals surface area contributed by atoms with Gasteiger partial charge >= 0.3 is 12.1 Å². The highest BCUT2D eigenvalue weighted by atomic mass is 19.4. The van der Waals surface area contributed by atoms with Crippen LogP contribution in [0, 0.1) is 5.92 Å². The SMILES string of the molecule is COC(=O)c1ccc(CC(C(C)=O)C(F)(F)F)cc1. The molecule has 3 nitrogen and oxygen atoms in total. The zero-order chi connectivity index (χ0) is 14.6. The Morgan fingerprint density at radius 1 is 1.21 bits per heavy atom. The fraction of sp³-hybridized carbons (Fsp3) is 0.385. The highest BCUT2D eigenvalue weighted by Crippen LogP contribution is 2.30. The molecule has 1 atom stereocenters. The van der Waals surface area contributed by atoms with E-state index in [0.717, 1.165) is 6.92 Å². The number of halogens is 3. The Labute approximate surface area is 108 Å². The number of carbonyl (C=O) groups excluding carboxylic acids is 2. The molecule has 0 aliphatic heterocycles. The van der Waals surface area contributed by atoms with Gasteiger partial charge in [-0.3, -0.25) is 4.79 Å². The molecule has 0 radical (unpaired) electrons. The average Bonchev–Trinajstić information content (AvgIpc) is 2.34. The predicted molar refractivity (Wildman–Crippen MR) is 61.7 cm³/mol. The Bertz CT molecular complexity index is 463. The molecule has 1 rings (SSSR count). The fourth-order valence-corrected chi connectivity index (χ4v) is 1.62. The van der Waals surface area contributed by atoms with Crippen LogP contribution in [0.25, 0.3) is 0 Å². The van der Waals surface area contributed by atoms with E-state index >= 15 is 0 Å². The van der Waals surface area contributed by atoms with Crippen molar-refractivity contribution in [2.75, 3.05) is 7.11 Å². The highest BCUT2D eigenvalue weighted by Gasteiger charge is 2.42. The van der Waals surface area contributed by atoms with E-state index in [9.17, 15) is 22.8 Å². The summed E-state index contributed by atoms with van der Waals surface area (Å²) in [4.78, 5) is 22.2. The number of benzene rings is 1. The number of Topliss-reactive ketones (excluding diaryl/α,β-unsaturated/α-hetero) is 1. The lowest BCUT2D eigenvalue weighted by Gasteiger charge is -2.17. The van der Waals surface area contributed by atoms with E-state index in [2.05, 4.69) is 4.74 Å². The number of hydrogen-bond donors (Lipinski definition) is 0. The molecule has 0 saturated carbocycles. The van der Waals surface area contributed by atoms with Crippen LogP contribution in [0.1, 0.15) is 22.8 Å². The summed E-state index contributed by atoms with van der Waals surface area (Å²) in [5.41, 5.74) is 0.586. The smallest absolute Gasteiger partial charge is 0.398 e. The van der Waals surface area contributed by atoms with Crippen molar-refractivity contribution in [3.8, 4) is 0 Å². The van der Waals surface area contributed by atoms with Gasteiger partial charge in [-0.1, -0.05) is 12.1 Å². The molecule has 0 aliphatic carbocycles. The molecular weight excluding hydrogens is 261 g/mol. The minimum Gasteiger partial charge on any atom is -0.465 e. The Balaban J connectivity index is 2.87. The second-order valence-corrected chi connectivity index (χ2v) is 4.10. The standard InChI is InChI=1S/C13H13F3O3/c1-8(17)11(13(14,15)16)7-9-3-5-10(6-4-9)12(18)19-2/h3-6,11H,7H2,1-2H3. The van der Waals surface area contributed by atoms with Crippen molar-refractivity contribution in [3.05, 3.63) is 35.4 Å². The van der Waals surface area contributed by atoms with E-state index in [4.69, 9.17) is 0 Å². The summed E-state index contributed by atoms with van der Waals surface area (Å²) in [6.07, 6.45) is -4.99. The minimum absolute atomic E-state index is 0.248. The van der Waals surface area contributed by atoms with Gasteiger partial charge in [0.1, 0.15) is 11.7 Å². The molecule has 0 fully saturated rings. The van der Waals surface area contributed by atoms with Crippen molar-refractivity contribution < 1.29 is 27.5 Å². The van der Waals surface area contributed by atoms with Crippen LogP contribution in [0.15, 0.2) is 24.3 Å².